The molecule has 6 heteroatoms. The summed E-state index contributed by atoms with van der Waals surface area (Å²) in [4.78, 5) is 22.8. The van der Waals surface area contributed by atoms with Crippen LogP contribution in [0.1, 0.15) is 55.3 Å². The van der Waals surface area contributed by atoms with Crippen molar-refractivity contribution in [3.05, 3.63) is 39.9 Å². The molecule has 4 aliphatic rings. The number of nitro benzene ring substituents is 1. The van der Waals surface area contributed by atoms with Crippen molar-refractivity contribution in [2.24, 2.45) is 10.8 Å². The van der Waals surface area contributed by atoms with Gasteiger partial charge in [0.05, 0.1) is 22.7 Å². The Balaban J connectivity index is 1.33. The number of rotatable bonds is 3. The molecule has 1 aromatic carbocycles. The molecule has 25 heavy (non-hydrogen) atoms. The van der Waals surface area contributed by atoms with Gasteiger partial charge in [0, 0.05) is 17.5 Å². The van der Waals surface area contributed by atoms with Crippen LogP contribution in [-0.2, 0) is 9.47 Å². The monoisotopic (exact) mass is 343 g/mol. The van der Waals surface area contributed by atoms with Crippen molar-refractivity contribution in [1.82, 2.24) is 0 Å². The zero-order valence-corrected chi connectivity index (χ0v) is 14.0. The summed E-state index contributed by atoms with van der Waals surface area (Å²) in [6.07, 6.45) is 8.28. The first-order valence-electron chi connectivity index (χ1n) is 9.14. The van der Waals surface area contributed by atoms with Gasteiger partial charge in [-0.25, -0.2) is 4.79 Å². The highest BCUT2D eigenvalue weighted by molar-refractivity contribution is 5.89. The van der Waals surface area contributed by atoms with Crippen molar-refractivity contribution in [3.8, 4) is 0 Å². The third-order valence-electron chi connectivity index (χ3n) is 7.26. The number of hydrogen-bond donors (Lipinski definition) is 0. The number of nitrogens with zero attached hydrogens (tertiary/aromatic N) is 1. The van der Waals surface area contributed by atoms with Gasteiger partial charge in [-0.05, 0) is 49.7 Å². The van der Waals surface area contributed by atoms with E-state index in [4.69, 9.17) is 9.47 Å². The van der Waals surface area contributed by atoms with E-state index in [1.54, 1.807) is 0 Å². The lowest BCUT2D eigenvalue weighted by Crippen LogP contribution is -2.63. The van der Waals surface area contributed by atoms with E-state index in [1.807, 2.05) is 0 Å². The van der Waals surface area contributed by atoms with E-state index >= 15 is 0 Å². The minimum absolute atomic E-state index is 0.0146. The lowest BCUT2D eigenvalue weighted by molar-refractivity contribution is -0.384. The Morgan fingerprint density at radius 1 is 1.16 bits per heavy atom. The first kappa shape index (κ1) is 15.3. The second-order valence-electron chi connectivity index (χ2n) is 8.17. The minimum atomic E-state index is -0.475. The summed E-state index contributed by atoms with van der Waals surface area (Å²) in [5.74, 6) is -0.410. The number of fused-ring (bicyclic) bond motifs is 1. The van der Waals surface area contributed by atoms with Crippen LogP contribution < -0.4 is 0 Å². The number of benzene rings is 1. The van der Waals surface area contributed by atoms with Crippen LogP contribution in [0.5, 0.6) is 0 Å². The van der Waals surface area contributed by atoms with E-state index in [2.05, 4.69) is 0 Å². The highest BCUT2D eigenvalue weighted by atomic mass is 16.6. The lowest BCUT2D eigenvalue weighted by atomic mass is 9.39. The molecule has 0 N–H and O–H groups in total. The molecule has 1 aliphatic heterocycles. The molecule has 1 spiro atoms. The van der Waals surface area contributed by atoms with Crippen molar-refractivity contribution < 1.29 is 19.2 Å². The Hall–Kier alpha value is -1.95. The highest BCUT2D eigenvalue weighted by Crippen LogP contribution is 2.75. The van der Waals surface area contributed by atoms with Gasteiger partial charge in [0.15, 0.2) is 0 Å². The van der Waals surface area contributed by atoms with Gasteiger partial charge in [0.25, 0.3) is 5.69 Å². The summed E-state index contributed by atoms with van der Waals surface area (Å²) < 4.78 is 12.1. The Labute approximate surface area is 145 Å². The molecule has 3 aliphatic carbocycles. The number of carbonyl (C=O) groups excluding carboxylic acids is 1. The maximum atomic E-state index is 12.5. The molecule has 4 fully saturated rings. The predicted molar refractivity (Wildman–Crippen MR) is 88.1 cm³/mol. The van der Waals surface area contributed by atoms with Gasteiger partial charge in [0.1, 0.15) is 6.10 Å². The molecule has 1 heterocycles. The van der Waals surface area contributed by atoms with Crippen LogP contribution >= 0.6 is 0 Å². The van der Waals surface area contributed by atoms with Crippen LogP contribution in [0.15, 0.2) is 24.3 Å². The van der Waals surface area contributed by atoms with Gasteiger partial charge < -0.3 is 9.47 Å². The number of carbonyl (C=O) groups is 1. The van der Waals surface area contributed by atoms with Crippen LogP contribution in [-0.4, -0.2) is 29.2 Å². The molecule has 1 aromatic rings. The SMILES string of the molecule is O=C(O[C@@H]1C[C@]23CCCC[C@@]24C[C@H]1O[C@H]4C3)c1ccc([N+](=O)[O-])cc1. The standard InChI is InChI=1S/C19H21NO5/c21-17(12-3-5-13(6-4-12)20(22)23)25-14-9-18-7-1-2-8-19(18)10-15(14)24-16(19)11-18/h3-6,14-16H,1-2,7-11H2/t14-,15-,16+,18+,19+/m1/s1. The van der Waals surface area contributed by atoms with E-state index in [9.17, 15) is 14.9 Å². The average molecular weight is 343 g/mol. The average Bonchev–Trinajstić information content (AvgIpc) is 2.75. The highest BCUT2D eigenvalue weighted by Gasteiger charge is 2.74. The second-order valence-corrected chi connectivity index (χ2v) is 8.17. The molecule has 6 nitrogen and oxygen atoms in total. The fourth-order valence-electron chi connectivity index (χ4n) is 6.06. The molecule has 3 saturated carbocycles. The summed E-state index contributed by atoms with van der Waals surface area (Å²) in [6.45, 7) is 0. The Bertz CT molecular complexity index is 747. The molecular weight excluding hydrogens is 322 g/mol. The predicted octanol–water partition coefficient (Wildman–Crippen LogP) is 3.63. The topological polar surface area (TPSA) is 78.7 Å². The van der Waals surface area contributed by atoms with Crippen molar-refractivity contribution in [2.75, 3.05) is 0 Å². The molecule has 0 amide bonds. The van der Waals surface area contributed by atoms with Gasteiger partial charge in [-0.2, -0.15) is 0 Å². The van der Waals surface area contributed by atoms with Gasteiger partial charge in [0.2, 0.25) is 0 Å². The maximum Gasteiger partial charge on any atom is 0.338 e. The van der Waals surface area contributed by atoms with Crippen LogP contribution in [0.4, 0.5) is 5.69 Å². The molecule has 5 rings (SSSR count). The lowest BCUT2D eigenvalue weighted by Gasteiger charge is -2.65. The Morgan fingerprint density at radius 2 is 1.92 bits per heavy atom. The normalized spacial score (nSPS) is 40.7. The molecule has 0 unspecified atom stereocenters. The molecule has 2 bridgehead atoms. The summed E-state index contributed by atoms with van der Waals surface area (Å²) in [6, 6.07) is 5.60. The van der Waals surface area contributed by atoms with Gasteiger partial charge in [-0.3, -0.25) is 10.1 Å². The number of nitro groups is 1. The van der Waals surface area contributed by atoms with Crippen LogP contribution in [0, 0.1) is 20.9 Å². The Morgan fingerprint density at radius 3 is 2.68 bits per heavy atom. The molecule has 0 aromatic heterocycles. The van der Waals surface area contributed by atoms with Crippen LogP contribution in [0.2, 0.25) is 0 Å². The number of hydrogen-bond acceptors (Lipinski definition) is 5. The number of esters is 1. The zero-order chi connectivity index (χ0) is 17.2. The maximum absolute atomic E-state index is 12.5. The first-order chi connectivity index (χ1) is 12.0. The minimum Gasteiger partial charge on any atom is -0.456 e. The molecule has 132 valence electrons. The van der Waals surface area contributed by atoms with Crippen LogP contribution in [0.25, 0.3) is 0 Å². The third-order valence-corrected chi connectivity index (χ3v) is 7.26. The molecule has 5 atom stereocenters. The Kier molecular flexibility index (Phi) is 3.08. The van der Waals surface area contributed by atoms with Gasteiger partial charge in [-0.15, -0.1) is 0 Å². The van der Waals surface area contributed by atoms with Crippen molar-refractivity contribution in [1.29, 1.82) is 0 Å². The van der Waals surface area contributed by atoms with E-state index < -0.39 is 10.9 Å². The smallest absolute Gasteiger partial charge is 0.338 e. The number of ether oxygens (including phenoxy) is 2. The molecule has 0 radical (unpaired) electrons. The van der Waals surface area contributed by atoms with Crippen molar-refractivity contribution >= 4 is 11.7 Å². The summed E-state index contributed by atoms with van der Waals surface area (Å²) >= 11 is 0. The molecular formula is C19H21NO5. The molecule has 1 saturated heterocycles. The van der Waals surface area contributed by atoms with Crippen LogP contribution in [0.3, 0.4) is 0 Å². The quantitative estimate of drug-likeness (QED) is 0.476. The summed E-state index contributed by atoms with van der Waals surface area (Å²) in [7, 11) is 0. The fraction of sp³-hybridized carbons (Fsp3) is 0.632. The zero-order valence-electron chi connectivity index (χ0n) is 14.0. The van der Waals surface area contributed by atoms with Gasteiger partial charge in [-0.1, -0.05) is 12.8 Å². The van der Waals surface area contributed by atoms with Gasteiger partial charge >= 0.3 is 5.97 Å². The van der Waals surface area contributed by atoms with E-state index in [0.29, 0.717) is 22.5 Å². The van der Waals surface area contributed by atoms with Crippen molar-refractivity contribution in [3.63, 3.8) is 0 Å². The number of non-ortho nitro benzene ring substituents is 1. The van der Waals surface area contributed by atoms with E-state index in [-0.39, 0.29) is 17.9 Å². The van der Waals surface area contributed by atoms with E-state index in [1.165, 1.54) is 49.9 Å². The second kappa shape index (κ2) is 5.04. The van der Waals surface area contributed by atoms with E-state index in [0.717, 1.165) is 19.3 Å². The largest absolute Gasteiger partial charge is 0.456 e. The first-order valence-corrected chi connectivity index (χ1v) is 9.14. The fourth-order valence-corrected chi connectivity index (χ4v) is 6.06. The third kappa shape index (κ3) is 1.97. The summed E-state index contributed by atoms with van der Waals surface area (Å²) in [5.41, 5.74) is 0.990. The summed E-state index contributed by atoms with van der Waals surface area (Å²) in [5, 5.41) is 10.7. The van der Waals surface area contributed by atoms with Crippen molar-refractivity contribution in [2.45, 2.75) is 63.3 Å².